The second-order valence-electron chi connectivity index (χ2n) is 3.12. The van der Waals surface area contributed by atoms with Gasteiger partial charge in [-0.2, -0.15) is 0 Å². The van der Waals surface area contributed by atoms with Crippen LogP contribution in [0.15, 0.2) is 24.3 Å². The van der Waals surface area contributed by atoms with Crippen LogP contribution < -0.4 is 4.74 Å². The van der Waals surface area contributed by atoms with Crippen molar-refractivity contribution < 1.29 is 19.7 Å². The normalized spacial score (nSPS) is 12.1. The predicted molar refractivity (Wildman–Crippen MR) is 54.8 cm³/mol. The van der Waals surface area contributed by atoms with Crippen LogP contribution in [0.25, 0.3) is 0 Å². The van der Waals surface area contributed by atoms with E-state index < -0.39 is 12.1 Å². The lowest BCUT2D eigenvalue weighted by Crippen LogP contribution is -2.05. The van der Waals surface area contributed by atoms with Gasteiger partial charge in [0.25, 0.3) is 0 Å². The Balaban J connectivity index is 2.66. The Morgan fingerprint density at radius 2 is 2.00 bits per heavy atom. The first-order valence-corrected chi connectivity index (χ1v) is 4.76. The van der Waals surface area contributed by atoms with Gasteiger partial charge in [0.15, 0.2) is 0 Å². The highest BCUT2D eigenvalue weighted by molar-refractivity contribution is 5.67. The maximum atomic E-state index is 10.4. The summed E-state index contributed by atoms with van der Waals surface area (Å²) in [5.74, 6) is -0.305. The van der Waals surface area contributed by atoms with Crippen molar-refractivity contribution >= 4 is 5.97 Å². The summed E-state index contributed by atoms with van der Waals surface area (Å²) in [5, 5.41) is 18.0. The molecule has 0 aliphatic carbocycles. The van der Waals surface area contributed by atoms with Gasteiger partial charge < -0.3 is 14.9 Å². The summed E-state index contributed by atoms with van der Waals surface area (Å²) in [6.07, 6.45) is -1.24. The molecule has 0 heterocycles. The summed E-state index contributed by atoms with van der Waals surface area (Å²) in [4.78, 5) is 10.4. The predicted octanol–water partition coefficient (Wildman–Crippen LogP) is 1.59. The summed E-state index contributed by atoms with van der Waals surface area (Å²) in [5.41, 5.74) is 0.584. The highest BCUT2D eigenvalue weighted by Crippen LogP contribution is 2.19. The fourth-order valence-corrected chi connectivity index (χ4v) is 1.24. The molecule has 0 aliphatic rings. The Bertz CT molecular complexity index is 318. The molecule has 0 unspecified atom stereocenters. The first-order chi connectivity index (χ1) is 7.13. The smallest absolute Gasteiger partial charge is 0.306 e. The molecule has 2 N–H and O–H groups in total. The molecule has 0 amide bonds. The van der Waals surface area contributed by atoms with Crippen LogP contribution in [0.5, 0.6) is 5.75 Å². The van der Waals surface area contributed by atoms with Gasteiger partial charge in [-0.1, -0.05) is 12.1 Å². The molecule has 15 heavy (non-hydrogen) atoms. The zero-order valence-electron chi connectivity index (χ0n) is 8.51. The van der Waals surface area contributed by atoms with Gasteiger partial charge in [-0.25, -0.2) is 0 Å². The van der Waals surface area contributed by atoms with Crippen LogP contribution in [0.2, 0.25) is 0 Å². The molecular formula is C11H14O4. The first kappa shape index (κ1) is 11.5. The molecule has 4 heteroatoms. The molecule has 4 nitrogen and oxygen atoms in total. The molecule has 0 fully saturated rings. The molecule has 0 spiro atoms. The number of carboxylic acid groups (broad SMARTS) is 1. The van der Waals surface area contributed by atoms with Crippen LogP contribution in [0, 0.1) is 0 Å². The molecule has 82 valence electrons. The molecule has 1 aromatic rings. The molecule has 1 aromatic carbocycles. The topological polar surface area (TPSA) is 66.8 Å². The number of benzene rings is 1. The Morgan fingerprint density at radius 3 is 2.47 bits per heavy atom. The van der Waals surface area contributed by atoms with E-state index in [2.05, 4.69) is 0 Å². The van der Waals surface area contributed by atoms with Crippen molar-refractivity contribution in [2.24, 2.45) is 0 Å². The number of carboxylic acids is 1. The number of carbonyl (C=O) groups is 1. The minimum absolute atomic E-state index is 0.284. The average molecular weight is 210 g/mol. The third kappa shape index (κ3) is 3.59. The van der Waals surface area contributed by atoms with E-state index in [-0.39, 0.29) is 6.42 Å². The molecule has 1 atom stereocenters. The van der Waals surface area contributed by atoms with Gasteiger partial charge in [-0.05, 0) is 24.6 Å². The lowest BCUT2D eigenvalue weighted by Gasteiger charge is -2.09. The Hall–Kier alpha value is -1.55. The quantitative estimate of drug-likeness (QED) is 0.774. The largest absolute Gasteiger partial charge is 0.494 e. The second kappa shape index (κ2) is 5.36. The first-order valence-electron chi connectivity index (χ1n) is 4.76. The minimum Gasteiger partial charge on any atom is -0.494 e. The molecule has 0 saturated heterocycles. The van der Waals surface area contributed by atoms with Crippen LogP contribution >= 0.6 is 0 Å². The third-order valence-electron chi connectivity index (χ3n) is 1.94. The maximum Gasteiger partial charge on any atom is 0.306 e. The van der Waals surface area contributed by atoms with Crippen LogP contribution in [-0.2, 0) is 4.79 Å². The molecule has 0 radical (unpaired) electrons. The number of ether oxygens (including phenoxy) is 1. The van der Waals surface area contributed by atoms with E-state index >= 15 is 0 Å². The maximum absolute atomic E-state index is 10.4. The van der Waals surface area contributed by atoms with Crippen LogP contribution in [0.4, 0.5) is 0 Å². The van der Waals surface area contributed by atoms with Gasteiger partial charge in [0, 0.05) is 0 Å². The summed E-state index contributed by atoms with van der Waals surface area (Å²) in [7, 11) is 0. The summed E-state index contributed by atoms with van der Waals surface area (Å²) in [6.45, 7) is 2.46. The van der Waals surface area contributed by atoms with Gasteiger partial charge in [0.1, 0.15) is 5.75 Å². The fourth-order valence-electron chi connectivity index (χ4n) is 1.24. The number of hydrogen-bond donors (Lipinski definition) is 2. The Morgan fingerprint density at radius 1 is 1.40 bits per heavy atom. The highest BCUT2D eigenvalue weighted by Gasteiger charge is 2.11. The molecular weight excluding hydrogens is 196 g/mol. The van der Waals surface area contributed by atoms with Crippen molar-refractivity contribution in [1.29, 1.82) is 0 Å². The standard InChI is InChI=1S/C11H14O4/c1-2-15-9-5-3-8(4-6-9)10(12)7-11(13)14/h3-6,10,12H,2,7H2,1H3,(H,13,14)/t10-/m0/s1. The third-order valence-corrected chi connectivity index (χ3v) is 1.94. The summed E-state index contributed by atoms with van der Waals surface area (Å²) in [6, 6.07) is 6.75. The number of aliphatic hydroxyl groups excluding tert-OH is 1. The second-order valence-corrected chi connectivity index (χ2v) is 3.12. The van der Waals surface area contributed by atoms with Crippen molar-refractivity contribution in [3.05, 3.63) is 29.8 Å². The van der Waals surface area contributed by atoms with Gasteiger partial charge in [-0.3, -0.25) is 4.79 Å². The van der Waals surface area contributed by atoms with Gasteiger partial charge in [0.2, 0.25) is 0 Å². The van der Waals surface area contributed by atoms with Crippen molar-refractivity contribution in [2.75, 3.05) is 6.61 Å². The summed E-state index contributed by atoms with van der Waals surface area (Å²) < 4.78 is 5.22. The van der Waals surface area contributed by atoms with Gasteiger partial charge in [0.05, 0.1) is 19.1 Å². The lowest BCUT2D eigenvalue weighted by molar-refractivity contribution is -0.139. The van der Waals surface area contributed by atoms with E-state index in [0.29, 0.717) is 17.9 Å². The number of aliphatic carboxylic acids is 1. The van der Waals surface area contributed by atoms with Crippen molar-refractivity contribution in [1.82, 2.24) is 0 Å². The van der Waals surface area contributed by atoms with E-state index in [1.165, 1.54) is 0 Å². The number of rotatable bonds is 5. The van der Waals surface area contributed by atoms with E-state index in [1.807, 2.05) is 6.92 Å². The van der Waals surface area contributed by atoms with Gasteiger partial charge in [-0.15, -0.1) is 0 Å². The summed E-state index contributed by atoms with van der Waals surface area (Å²) >= 11 is 0. The van der Waals surface area contributed by atoms with Crippen LogP contribution in [-0.4, -0.2) is 22.8 Å². The lowest BCUT2D eigenvalue weighted by atomic mass is 10.1. The van der Waals surface area contributed by atoms with E-state index in [9.17, 15) is 9.90 Å². The van der Waals surface area contributed by atoms with E-state index in [4.69, 9.17) is 9.84 Å². The molecule has 0 bridgehead atoms. The molecule has 0 saturated carbocycles. The highest BCUT2D eigenvalue weighted by atomic mass is 16.5. The number of aliphatic hydroxyl groups is 1. The zero-order chi connectivity index (χ0) is 11.3. The zero-order valence-corrected chi connectivity index (χ0v) is 8.51. The van der Waals surface area contributed by atoms with Crippen molar-refractivity contribution in [3.63, 3.8) is 0 Å². The Kier molecular flexibility index (Phi) is 4.12. The van der Waals surface area contributed by atoms with Crippen LogP contribution in [0.1, 0.15) is 25.0 Å². The van der Waals surface area contributed by atoms with Crippen molar-refractivity contribution in [2.45, 2.75) is 19.4 Å². The van der Waals surface area contributed by atoms with Crippen LogP contribution in [0.3, 0.4) is 0 Å². The fraction of sp³-hybridized carbons (Fsp3) is 0.364. The SMILES string of the molecule is CCOc1ccc([C@@H](O)CC(=O)O)cc1. The van der Waals surface area contributed by atoms with Crippen molar-refractivity contribution in [3.8, 4) is 5.75 Å². The molecule has 1 rings (SSSR count). The molecule has 0 aromatic heterocycles. The van der Waals surface area contributed by atoms with E-state index in [1.54, 1.807) is 24.3 Å². The average Bonchev–Trinajstić information content (AvgIpc) is 2.18. The molecule has 0 aliphatic heterocycles. The monoisotopic (exact) mass is 210 g/mol. The number of hydrogen-bond acceptors (Lipinski definition) is 3. The Labute approximate surface area is 88.1 Å². The minimum atomic E-state index is -1.02. The van der Waals surface area contributed by atoms with Gasteiger partial charge >= 0.3 is 5.97 Å². The van der Waals surface area contributed by atoms with E-state index in [0.717, 1.165) is 0 Å².